The highest BCUT2D eigenvalue weighted by Gasteiger charge is 2.18. The quantitative estimate of drug-likeness (QED) is 0.786. The summed E-state index contributed by atoms with van der Waals surface area (Å²) in [5, 5.41) is 3.61. The van der Waals surface area contributed by atoms with Crippen LogP contribution in [0.1, 0.15) is 34.0 Å². The van der Waals surface area contributed by atoms with Gasteiger partial charge in [0.1, 0.15) is 0 Å². The molecule has 1 saturated heterocycles. The number of hydrogen-bond acceptors (Lipinski definition) is 2. The van der Waals surface area contributed by atoms with Gasteiger partial charge in [-0.3, -0.25) is 4.90 Å². The number of piperazine rings is 1. The number of nitrogens with zero attached hydrogens (tertiary/aromatic N) is 1. The smallest absolute Gasteiger partial charge is 0.0231 e. The zero-order valence-corrected chi connectivity index (χ0v) is 10.4. The zero-order chi connectivity index (χ0) is 11.2. The Morgan fingerprint density at radius 1 is 1.50 bits per heavy atom. The molecule has 0 unspecified atom stereocenters. The summed E-state index contributed by atoms with van der Waals surface area (Å²) in [5.74, 6) is 0. The van der Waals surface area contributed by atoms with Crippen LogP contribution in [0.3, 0.4) is 0 Å². The standard InChI is InChI=1S/C14H24N2.H2/c1-2-6-14-12-16(10-9-15-14)11-13-7-4-3-5-8-13;/h4,7-8,14-15H,2-3,5-6,9-12H2,1H3;1H/t14-;/m0./s1. The topological polar surface area (TPSA) is 15.3 Å². The van der Waals surface area contributed by atoms with Crippen molar-refractivity contribution in [2.75, 3.05) is 26.2 Å². The van der Waals surface area contributed by atoms with Gasteiger partial charge in [0.05, 0.1) is 0 Å². The normalized spacial score (nSPS) is 26.8. The molecule has 16 heavy (non-hydrogen) atoms. The number of nitrogens with one attached hydrogen (secondary N) is 1. The van der Waals surface area contributed by atoms with Crippen molar-refractivity contribution in [3.8, 4) is 0 Å². The lowest BCUT2D eigenvalue weighted by Crippen LogP contribution is -2.50. The Bertz CT molecular complexity index is 271. The van der Waals surface area contributed by atoms with Crippen LogP contribution < -0.4 is 5.32 Å². The predicted molar refractivity (Wildman–Crippen MR) is 71.7 cm³/mol. The molecule has 2 nitrogen and oxygen atoms in total. The maximum absolute atomic E-state index is 3.61. The second-order valence-corrected chi connectivity index (χ2v) is 4.93. The first-order valence-electron chi connectivity index (χ1n) is 6.70. The fraction of sp³-hybridized carbons (Fsp3) is 0.714. The molecule has 0 aromatic heterocycles. The van der Waals surface area contributed by atoms with E-state index in [9.17, 15) is 0 Å². The zero-order valence-electron chi connectivity index (χ0n) is 10.4. The fourth-order valence-electron chi connectivity index (χ4n) is 2.62. The van der Waals surface area contributed by atoms with Crippen LogP contribution in [-0.4, -0.2) is 37.1 Å². The lowest BCUT2D eigenvalue weighted by Gasteiger charge is -2.34. The van der Waals surface area contributed by atoms with Crippen molar-refractivity contribution < 1.29 is 1.43 Å². The van der Waals surface area contributed by atoms with Crippen LogP contribution in [-0.2, 0) is 0 Å². The molecule has 1 aliphatic heterocycles. The molecule has 0 aromatic rings. The minimum absolute atomic E-state index is 0. The maximum atomic E-state index is 3.61. The van der Waals surface area contributed by atoms with E-state index < -0.39 is 0 Å². The van der Waals surface area contributed by atoms with Gasteiger partial charge in [-0.1, -0.05) is 31.6 Å². The third-order valence-corrected chi connectivity index (χ3v) is 3.45. The van der Waals surface area contributed by atoms with Gasteiger partial charge in [-0.15, -0.1) is 0 Å². The van der Waals surface area contributed by atoms with E-state index in [-0.39, 0.29) is 1.43 Å². The summed E-state index contributed by atoms with van der Waals surface area (Å²) < 4.78 is 0. The van der Waals surface area contributed by atoms with Gasteiger partial charge in [0.2, 0.25) is 0 Å². The largest absolute Gasteiger partial charge is 0.311 e. The van der Waals surface area contributed by atoms with E-state index in [2.05, 4.69) is 35.4 Å². The minimum Gasteiger partial charge on any atom is -0.311 e. The van der Waals surface area contributed by atoms with Gasteiger partial charge in [0.15, 0.2) is 0 Å². The third-order valence-electron chi connectivity index (χ3n) is 3.45. The molecule has 2 heteroatoms. The van der Waals surface area contributed by atoms with Gasteiger partial charge in [-0.05, 0) is 24.8 Å². The number of allylic oxidation sites excluding steroid dienone is 2. The molecule has 2 aliphatic rings. The lowest BCUT2D eigenvalue weighted by molar-refractivity contribution is 0.208. The fourth-order valence-corrected chi connectivity index (χ4v) is 2.62. The van der Waals surface area contributed by atoms with Crippen LogP contribution in [0.25, 0.3) is 0 Å². The molecule has 0 amide bonds. The Morgan fingerprint density at radius 2 is 2.44 bits per heavy atom. The van der Waals surface area contributed by atoms with Gasteiger partial charge in [0.25, 0.3) is 0 Å². The Kier molecular flexibility index (Phi) is 4.61. The summed E-state index contributed by atoms with van der Waals surface area (Å²) in [6.07, 6.45) is 12.1. The molecule has 1 atom stereocenters. The van der Waals surface area contributed by atoms with E-state index >= 15 is 0 Å². The summed E-state index contributed by atoms with van der Waals surface area (Å²) in [5.41, 5.74) is 1.52. The predicted octanol–water partition coefficient (Wildman–Crippen LogP) is 2.58. The summed E-state index contributed by atoms with van der Waals surface area (Å²) in [6.45, 7) is 7.00. The Morgan fingerprint density at radius 3 is 3.19 bits per heavy atom. The number of hydrogen-bond donors (Lipinski definition) is 1. The summed E-state index contributed by atoms with van der Waals surface area (Å²) in [6, 6.07) is 0.715. The Labute approximate surface area is 101 Å². The van der Waals surface area contributed by atoms with Crippen molar-refractivity contribution in [1.82, 2.24) is 10.2 Å². The first-order valence-corrected chi connectivity index (χ1v) is 6.70. The van der Waals surface area contributed by atoms with Gasteiger partial charge >= 0.3 is 0 Å². The van der Waals surface area contributed by atoms with Crippen LogP contribution in [0.15, 0.2) is 23.8 Å². The van der Waals surface area contributed by atoms with E-state index in [0.29, 0.717) is 6.04 Å². The Balaban J connectivity index is 0.00000144. The van der Waals surface area contributed by atoms with E-state index in [0.717, 1.165) is 13.1 Å². The van der Waals surface area contributed by atoms with Crippen LogP contribution in [0.2, 0.25) is 0 Å². The highest BCUT2D eigenvalue weighted by Crippen LogP contribution is 2.13. The van der Waals surface area contributed by atoms with Crippen molar-refractivity contribution in [3.63, 3.8) is 0 Å². The highest BCUT2D eigenvalue weighted by atomic mass is 15.2. The molecule has 1 N–H and O–H groups in total. The first kappa shape index (κ1) is 11.9. The molecular formula is C14H26N2. The lowest BCUT2D eigenvalue weighted by atomic mass is 10.0. The van der Waals surface area contributed by atoms with Crippen molar-refractivity contribution in [2.45, 2.75) is 38.6 Å². The monoisotopic (exact) mass is 222 g/mol. The van der Waals surface area contributed by atoms with Crippen LogP contribution in [0.5, 0.6) is 0 Å². The average Bonchev–Trinajstić information content (AvgIpc) is 2.31. The molecule has 0 spiro atoms. The van der Waals surface area contributed by atoms with E-state index in [1.807, 2.05) is 0 Å². The molecule has 0 radical (unpaired) electrons. The van der Waals surface area contributed by atoms with Crippen LogP contribution in [0.4, 0.5) is 0 Å². The second kappa shape index (κ2) is 6.21. The van der Waals surface area contributed by atoms with Crippen LogP contribution >= 0.6 is 0 Å². The summed E-state index contributed by atoms with van der Waals surface area (Å²) >= 11 is 0. The van der Waals surface area contributed by atoms with E-state index in [1.165, 1.54) is 44.3 Å². The molecule has 1 heterocycles. The molecule has 1 fully saturated rings. The van der Waals surface area contributed by atoms with Gasteiger partial charge in [0, 0.05) is 33.6 Å². The first-order chi connectivity index (χ1) is 7.88. The van der Waals surface area contributed by atoms with E-state index in [4.69, 9.17) is 0 Å². The van der Waals surface area contributed by atoms with Gasteiger partial charge in [-0.25, -0.2) is 0 Å². The summed E-state index contributed by atoms with van der Waals surface area (Å²) in [7, 11) is 0. The maximum Gasteiger partial charge on any atom is 0.0231 e. The van der Waals surface area contributed by atoms with Crippen molar-refractivity contribution in [2.24, 2.45) is 0 Å². The molecule has 1 aliphatic carbocycles. The highest BCUT2D eigenvalue weighted by molar-refractivity contribution is 5.23. The molecule has 92 valence electrons. The van der Waals surface area contributed by atoms with Crippen molar-refractivity contribution in [1.29, 1.82) is 0 Å². The van der Waals surface area contributed by atoms with Crippen molar-refractivity contribution in [3.05, 3.63) is 23.8 Å². The second-order valence-electron chi connectivity index (χ2n) is 4.93. The SMILES string of the molecule is CCC[C@H]1CN(CC2=CCCC=C2)CCN1.[HH]. The minimum atomic E-state index is 0. The summed E-state index contributed by atoms with van der Waals surface area (Å²) in [4.78, 5) is 2.60. The molecular weight excluding hydrogens is 196 g/mol. The molecule has 2 rings (SSSR count). The van der Waals surface area contributed by atoms with Crippen LogP contribution in [0, 0.1) is 0 Å². The molecule has 0 bridgehead atoms. The molecule has 0 saturated carbocycles. The average molecular weight is 222 g/mol. The van der Waals surface area contributed by atoms with E-state index in [1.54, 1.807) is 0 Å². The van der Waals surface area contributed by atoms with Gasteiger partial charge in [-0.2, -0.15) is 0 Å². The van der Waals surface area contributed by atoms with Crippen molar-refractivity contribution >= 4 is 0 Å². The Hall–Kier alpha value is -0.600. The third kappa shape index (κ3) is 3.46. The number of rotatable bonds is 4. The van der Waals surface area contributed by atoms with Gasteiger partial charge < -0.3 is 5.32 Å². The molecule has 0 aromatic carbocycles.